The number of benzene rings is 3. The molecule has 1 saturated heterocycles. The van der Waals surface area contributed by atoms with Crippen LogP contribution in [0.4, 0.5) is 0 Å². The molecule has 2 N–H and O–H groups in total. The zero-order valence-corrected chi connectivity index (χ0v) is 21.7. The van der Waals surface area contributed by atoms with Crippen LogP contribution >= 0.6 is 0 Å². The van der Waals surface area contributed by atoms with Gasteiger partial charge in [0.05, 0.1) is 25.3 Å². The Morgan fingerprint density at radius 1 is 0.946 bits per heavy atom. The average molecular weight is 502 g/mol. The highest BCUT2D eigenvalue weighted by Crippen LogP contribution is 2.43. The first-order valence-corrected chi connectivity index (χ1v) is 12.1. The van der Waals surface area contributed by atoms with Crippen LogP contribution in [0.3, 0.4) is 0 Å². The van der Waals surface area contributed by atoms with Gasteiger partial charge in [-0.2, -0.15) is 0 Å². The molecule has 192 valence electrons. The van der Waals surface area contributed by atoms with E-state index in [9.17, 15) is 19.8 Å². The average Bonchev–Trinajstić information content (AvgIpc) is 3.12. The third-order valence-corrected chi connectivity index (χ3v) is 6.65. The number of ether oxygens (including phenoxy) is 2. The highest BCUT2D eigenvalue weighted by atomic mass is 16.5. The first-order valence-electron chi connectivity index (χ1n) is 12.1. The van der Waals surface area contributed by atoms with Crippen LogP contribution in [0.15, 0.2) is 60.2 Å². The van der Waals surface area contributed by atoms with Crippen LogP contribution in [0, 0.1) is 20.8 Å². The van der Waals surface area contributed by atoms with Crippen LogP contribution in [0.25, 0.3) is 5.76 Å². The number of hydrogen-bond acceptors (Lipinski definition) is 6. The number of ketones is 1. The van der Waals surface area contributed by atoms with E-state index >= 15 is 0 Å². The van der Waals surface area contributed by atoms with E-state index in [0.717, 1.165) is 22.3 Å². The van der Waals surface area contributed by atoms with Gasteiger partial charge in [-0.05, 0) is 80.3 Å². The van der Waals surface area contributed by atoms with Gasteiger partial charge in [-0.3, -0.25) is 9.59 Å². The van der Waals surface area contributed by atoms with E-state index in [1.54, 1.807) is 44.4 Å². The number of aromatic hydroxyl groups is 1. The minimum absolute atomic E-state index is 0.0204. The maximum Gasteiger partial charge on any atom is 0.295 e. The number of hydrogen-bond donors (Lipinski definition) is 2. The molecule has 0 spiro atoms. The molecule has 37 heavy (non-hydrogen) atoms. The Morgan fingerprint density at radius 2 is 1.70 bits per heavy atom. The number of aliphatic hydroxyl groups excluding tert-OH is 1. The lowest BCUT2D eigenvalue weighted by Gasteiger charge is -2.26. The second kappa shape index (κ2) is 10.4. The van der Waals surface area contributed by atoms with Crippen molar-refractivity contribution in [3.63, 3.8) is 0 Å². The monoisotopic (exact) mass is 501 g/mol. The highest BCUT2D eigenvalue weighted by molar-refractivity contribution is 6.46. The van der Waals surface area contributed by atoms with Crippen molar-refractivity contribution in [3.05, 3.63) is 93.6 Å². The first kappa shape index (κ1) is 25.8. The summed E-state index contributed by atoms with van der Waals surface area (Å²) in [6.45, 7) is 8.05. The maximum absolute atomic E-state index is 13.4. The van der Waals surface area contributed by atoms with Gasteiger partial charge >= 0.3 is 0 Å². The molecule has 3 aromatic rings. The van der Waals surface area contributed by atoms with Crippen LogP contribution < -0.4 is 9.47 Å². The number of carbonyl (C=O) groups excluding carboxylic acids is 2. The van der Waals surface area contributed by atoms with Crippen molar-refractivity contribution < 1.29 is 29.3 Å². The summed E-state index contributed by atoms with van der Waals surface area (Å²) in [7, 11) is 1.56. The molecular weight excluding hydrogens is 470 g/mol. The molecule has 1 heterocycles. The Labute approximate surface area is 216 Å². The van der Waals surface area contributed by atoms with Gasteiger partial charge in [0, 0.05) is 12.1 Å². The van der Waals surface area contributed by atoms with Crippen molar-refractivity contribution >= 4 is 17.4 Å². The summed E-state index contributed by atoms with van der Waals surface area (Å²) in [4.78, 5) is 28.3. The molecule has 0 aliphatic carbocycles. The normalized spacial score (nSPS) is 16.8. The predicted octanol–water partition coefficient (Wildman–Crippen LogP) is 5.35. The van der Waals surface area contributed by atoms with Crippen molar-refractivity contribution in [3.8, 4) is 17.2 Å². The fourth-order valence-electron chi connectivity index (χ4n) is 4.70. The van der Waals surface area contributed by atoms with Crippen LogP contribution in [-0.4, -0.2) is 40.5 Å². The predicted molar refractivity (Wildman–Crippen MR) is 141 cm³/mol. The van der Waals surface area contributed by atoms with Gasteiger partial charge in [0.15, 0.2) is 11.5 Å². The number of phenols is 1. The Balaban J connectivity index is 1.91. The van der Waals surface area contributed by atoms with Crippen LogP contribution in [0.2, 0.25) is 0 Å². The zero-order chi connectivity index (χ0) is 26.9. The van der Waals surface area contributed by atoms with Crippen molar-refractivity contribution in [1.82, 2.24) is 4.90 Å². The number of likely N-dealkylation sites (tertiary alicyclic amines) is 1. The smallest absolute Gasteiger partial charge is 0.295 e. The molecule has 1 aliphatic rings. The molecule has 7 nitrogen and oxygen atoms in total. The van der Waals surface area contributed by atoms with Gasteiger partial charge in [0.1, 0.15) is 11.5 Å². The van der Waals surface area contributed by atoms with Gasteiger partial charge in [-0.1, -0.05) is 29.8 Å². The van der Waals surface area contributed by atoms with E-state index < -0.39 is 17.7 Å². The zero-order valence-electron chi connectivity index (χ0n) is 21.7. The summed E-state index contributed by atoms with van der Waals surface area (Å²) in [5, 5.41) is 21.7. The maximum atomic E-state index is 13.4. The lowest BCUT2D eigenvalue weighted by molar-refractivity contribution is -0.140. The summed E-state index contributed by atoms with van der Waals surface area (Å²) in [6.07, 6.45) is 0. The summed E-state index contributed by atoms with van der Waals surface area (Å²) >= 11 is 0. The molecule has 1 unspecified atom stereocenters. The Morgan fingerprint density at radius 3 is 2.38 bits per heavy atom. The molecule has 1 atom stereocenters. The first-order chi connectivity index (χ1) is 17.7. The second-order valence-electron chi connectivity index (χ2n) is 9.20. The largest absolute Gasteiger partial charge is 0.507 e. The number of phenolic OH excluding ortho intramolecular Hbond substituents is 1. The quantitative estimate of drug-likeness (QED) is 0.258. The van der Waals surface area contributed by atoms with Crippen LogP contribution in [0.5, 0.6) is 17.2 Å². The summed E-state index contributed by atoms with van der Waals surface area (Å²) in [5.74, 6) is -0.927. The molecule has 0 radical (unpaired) electrons. The summed E-state index contributed by atoms with van der Waals surface area (Å²) < 4.78 is 10.9. The fraction of sp³-hybridized carbons (Fsp3) is 0.267. The van der Waals surface area contributed by atoms with Gasteiger partial charge in [0.25, 0.3) is 11.7 Å². The lowest BCUT2D eigenvalue weighted by atomic mass is 9.94. The number of aryl methyl sites for hydroxylation is 3. The van der Waals surface area contributed by atoms with Crippen molar-refractivity contribution in [2.45, 2.75) is 40.3 Å². The summed E-state index contributed by atoms with van der Waals surface area (Å²) in [6, 6.07) is 14.9. The topological polar surface area (TPSA) is 96.3 Å². The SMILES string of the molecule is CCOc1cc(C2/C(=C(/O)c3ccc(OC)c(C)c3)C(=O)C(=O)N2Cc2cc(C)ccc2C)ccc1O. The number of carbonyl (C=O) groups is 2. The van der Waals surface area contributed by atoms with Gasteiger partial charge < -0.3 is 24.6 Å². The number of amides is 1. The van der Waals surface area contributed by atoms with E-state index in [4.69, 9.17) is 9.47 Å². The third kappa shape index (κ3) is 4.89. The Bertz CT molecular complexity index is 1410. The minimum Gasteiger partial charge on any atom is -0.507 e. The molecule has 1 fully saturated rings. The second-order valence-corrected chi connectivity index (χ2v) is 9.20. The molecule has 0 saturated carbocycles. The number of methoxy groups -OCH3 is 1. The van der Waals surface area contributed by atoms with E-state index in [0.29, 0.717) is 23.5 Å². The molecule has 1 aliphatic heterocycles. The molecule has 7 heteroatoms. The number of aliphatic hydroxyl groups is 1. The van der Waals surface area contributed by atoms with E-state index in [2.05, 4.69) is 0 Å². The van der Waals surface area contributed by atoms with Crippen LogP contribution in [0.1, 0.15) is 46.3 Å². The van der Waals surface area contributed by atoms with E-state index in [1.807, 2.05) is 39.0 Å². The van der Waals surface area contributed by atoms with Gasteiger partial charge in [-0.25, -0.2) is 0 Å². The van der Waals surface area contributed by atoms with Crippen molar-refractivity contribution in [1.29, 1.82) is 0 Å². The lowest BCUT2D eigenvalue weighted by Crippen LogP contribution is -2.29. The Hall–Kier alpha value is -4.26. The molecule has 0 bridgehead atoms. The highest BCUT2D eigenvalue weighted by Gasteiger charge is 2.46. The van der Waals surface area contributed by atoms with Gasteiger partial charge in [0.2, 0.25) is 0 Å². The molecule has 1 amide bonds. The van der Waals surface area contributed by atoms with Crippen molar-refractivity contribution in [2.75, 3.05) is 13.7 Å². The molecule has 3 aromatic carbocycles. The number of nitrogens with zero attached hydrogens (tertiary/aromatic N) is 1. The Kier molecular flexibility index (Phi) is 7.25. The third-order valence-electron chi connectivity index (χ3n) is 6.65. The number of rotatable bonds is 7. The van der Waals surface area contributed by atoms with Crippen LogP contribution in [-0.2, 0) is 16.1 Å². The molecule has 4 rings (SSSR count). The van der Waals surface area contributed by atoms with E-state index in [1.165, 1.54) is 11.0 Å². The molecular formula is C30H31NO6. The van der Waals surface area contributed by atoms with E-state index in [-0.39, 0.29) is 29.4 Å². The fourth-order valence-corrected chi connectivity index (χ4v) is 4.70. The molecule has 0 aromatic heterocycles. The standard InChI is InChI=1S/C30H31NO6/c1-6-37-25-15-20(9-11-23(25)32)27-26(28(33)21-10-12-24(36-5)19(4)14-21)29(34)30(35)31(27)16-22-13-17(2)7-8-18(22)3/h7-15,27,32-33H,6,16H2,1-5H3/b28-26-. The minimum atomic E-state index is -0.887. The van der Waals surface area contributed by atoms with Gasteiger partial charge in [-0.15, -0.1) is 0 Å². The van der Waals surface area contributed by atoms with Crippen molar-refractivity contribution in [2.24, 2.45) is 0 Å². The summed E-state index contributed by atoms with van der Waals surface area (Å²) in [5.41, 5.74) is 4.61. The number of Topliss-reactive ketones (excluding diaryl/α,β-unsaturated/α-hetero) is 1.